The molecule has 1 aliphatic rings. The molecule has 0 spiro atoms. The molecule has 3 aromatic rings. The van der Waals surface area contributed by atoms with Crippen molar-refractivity contribution >= 4 is 17.5 Å². The minimum absolute atomic E-state index is 0.101. The molecule has 7 nitrogen and oxygen atoms in total. The molecule has 148 valence electrons. The van der Waals surface area contributed by atoms with Crippen LogP contribution in [0.15, 0.2) is 54.9 Å². The van der Waals surface area contributed by atoms with Gasteiger partial charge in [0.15, 0.2) is 6.61 Å². The minimum Gasteiger partial charge on any atom is -0.483 e. The molecule has 8 heteroatoms. The molecule has 0 saturated carbocycles. The van der Waals surface area contributed by atoms with Crippen molar-refractivity contribution in [3.8, 4) is 5.75 Å². The van der Waals surface area contributed by atoms with Crippen molar-refractivity contribution in [2.75, 3.05) is 11.9 Å². The third kappa shape index (κ3) is 4.26. The molecular weight excluding hydrogens is 375 g/mol. The third-order valence-electron chi connectivity index (χ3n) is 4.63. The first-order valence-electron chi connectivity index (χ1n) is 9.06. The van der Waals surface area contributed by atoms with Gasteiger partial charge in [-0.3, -0.25) is 14.3 Å². The molecule has 0 atom stereocenters. The third-order valence-corrected chi connectivity index (χ3v) is 4.63. The number of nitrogens with zero attached hydrogens (tertiary/aromatic N) is 3. The lowest BCUT2D eigenvalue weighted by molar-refractivity contribution is -0.133. The van der Waals surface area contributed by atoms with Crippen LogP contribution in [0.25, 0.3) is 0 Å². The number of aryl methyl sites for hydroxylation is 1. The predicted molar refractivity (Wildman–Crippen MR) is 104 cm³/mol. The zero-order valence-electron chi connectivity index (χ0n) is 15.8. The number of hydrogen-bond donors (Lipinski definition) is 1. The number of nitrogens with one attached hydrogen (secondary N) is 1. The van der Waals surface area contributed by atoms with Crippen molar-refractivity contribution < 1.29 is 18.7 Å². The summed E-state index contributed by atoms with van der Waals surface area (Å²) in [4.78, 5) is 26.6. The number of amides is 2. The summed E-state index contributed by atoms with van der Waals surface area (Å²) in [6.07, 6.45) is 3.59. The van der Waals surface area contributed by atoms with Crippen LogP contribution in [0.4, 0.5) is 10.1 Å². The van der Waals surface area contributed by atoms with Gasteiger partial charge in [0.25, 0.3) is 11.8 Å². The van der Waals surface area contributed by atoms with Crippen molar-refractivity contribution in [1.29, 1.82) is 0 Å². The number of anilines is 1. The van der Waals surface area contributed by atoms with Gasteiger partial charge in [0.2, 0.25) is 0 Å². The number of carbonyl (C=O) groups excluding carboxylic acids is 2. The lowest BCUT2D eigenvalue weighted by atomic mass is 10.1. The van der Waals surface area contributed by atoms with Gasteiger partial charge >= 0.3 is 0 Å². The van der Waals surface area contributed by atoms with Crippen LogP contribution in [0, 0.1) is 5.82 Å². The predicted octanol–water partition coefficient (Wildman–Crippen LogP) is 2.73. The van der Waals surface area contributed by atoms with Gasteiger partial charge in [-0.2, -0.15) is 5.10 Å². The average molecular weight is 394 g/mol. The van der Waals surface area contributed by atoms with Crippen molar-refractivity contribution in [1.82, 2.24) is 14.7 Å². The van der Waals surface area contributed by atoms with E-state index in [1.54, 1.807) is 34.0 Å². The Morgan fingerprint density at radius 1 is 1.24 bits per heavy atom. The highest BCUT2D eigenvalue weighted by Gasteiger charge is 2.23. The Labute approximate surface area is 166 Å². The molecule has 2 amide bonds. The first-order valence-corrected chi connectivity index (χ1v) is 9.06. The van der Waals surface area contributed by atoms with E-state index >= 15 is 0 Å². The lowest BCUT2D eigenvalue weighted by Gasteiger charge is -2.19. The van der Waals surface area contributed by atoms with Crippen LogP contribution in [0.1, 0.15) is 21.5 Å². The maximum absolute atomic E-state index is 13.0. The van der Waals surface area contributed by atoms with Crippen LogP contribution in [0.3, 0.4) is 0 Å². The zero-order chi connectivity index (χ0) is 20.4. The van der Waals surface area contributed by atoms with Gasteiger partial charge < -0.3 is 15.0 Å². The van der Waals surface area contributed by atoms with Gasteiger partial charge in [-0.1, -0.05) is 6.07 Å². The van der Waals surface area contributed by atoms with E-state index in [2.05, 4.69) is 10.4 Å². The van der Waals surface area contributed by atoms with E-state index in [0.29, 0.717) is 30.1 Å². The van der Waals surface area contributed by atoms with Crippen molar-refractivity contribution in [3.63, 3.8) is 0 Å². The molecule has 0 unspecified atom stereocenters. The maximum Gasteiger partial charge on any atom is 0.261 e. The molecule has 0 fully saturated rings. The molecule has 1 aromatic heterocycles. The largest absolute Gasteiger partial charge is 0.483 e. The summed E-state index contributed by atoms with van der Waals surface area (Å²) in [6, 6.07) is 10.6. The van der Waals surface area contributed by atoms with Crippen LogP contribution < -0.4 is 10.1 Å². The normalized spacial score (nSPS) is 13.4. The Morgan fingerprint density at radius 2 is 2.03 bits per heavy atom. The summed E-state index contributed by atoms with van der Waals surface area (Å²) in [5, 5.41) is 6.84. The molecule has 1 aliphatic heterocycles. The van der Waals surface area contributed by atoms with Gasteiger partial charge in [-0.05, 0) is 36.4 Å². The van der Waals surface area contributed by atoms with E-state index in [1.807, 2.05) is 13.2 Å². The molecule has 1 N–H and O–H groups in total. The Bertz CT molecular complexity index is 1060. The van der Waals surface area contributed by atoms with E-state index in [0.717, 1.165) is 11.1 Å². The van der Waals surface area contributed by atoms with E-state index in [9.17, 15) is 14.0 Å². The van der Waals surface area contributed by atoms with Crippen molar-refractivity contribution in [2.45, 2.75) is 13.1 Å². The standard InChI is InChI=1S/C21H19FN4O3/c1-25-10-14(9-23-25)11-26-12-16-3-2-15(8-19(16)29-13-20(26)27)21(28)24-18-6-4-17(22)5-7-18/h2-10H,11-13H2,1H3,(H,24,28). The number of ether oxygens (including phenoxy) is 1. The molecule has 2 aromatic carbocycles. The first-order chi connectivity index (χ1) is 14.0. The second-order valence-corrected chi connectivity index (χ2v) is 6.84. The molecule has 2 heterocycles. The van der Waals surface area contributed by atoms with Gasteiger partial charge in [0.1, 0.15) is 11.6 Å². The molecule has 0 aliphatic carbocycles. The lowest BCUT2D eigenvalue weighted by Crippen LogP contribution is -2.31. The fraction of sp³-hybridized carbons (Fsp3) is 0.190. The molecule has 29 heavy (non-hydrogen) atoms. The fourth-order valence-electron chi connectivity index (χ4n) is 3.14. The number of halogens is 1. The highest BCUT2D eigenvalue weighted by Crippen LogP contribution is 2.26. The fourth-order valence-corrected chi connectivity index (χ4v) is 3.14. The quantitative estimate of drug-likeness (QED) is 0.738. The van der Waals surface area contributed by atoms with Crippen LogP contribution in [-0.2, 0) is 24.9 Å². The molecule has 0 saturated heterocycles. The SMILES string of the molecule is Cn1cc(CN2Cc3ccc(C(=O)Nc4ccc(F)cc4)cc3OCC2=O)cn1. The summed E-state index contributed by atoms with van der Waals surface area (Å²) < 4.78 is 20.3. The molecule has 4 rings (SSSR count). The summed E-state index contributed by atoms with van der Waals surface area (Å²) in [5.74, 6) is -0.353. The van der Waals surface area contributed by atoms with Gasteiger partial charge in [-0.25, -0.2) is 4.39 Å². The Hall–Kier alpha value is -3.68. The van der Waals surface area contributed by atoms with Gasteiger partial charge in [-0.15, -0.1) is 0 Å². The summed E-state index contributed by atoms with van der Waals surface area (Å²) in [6.45, 7) is 0.710. The number of rotatable bonds is 4. The first kappa shape index (κ1) is 18.7. The van der Waals surface area contributed by atoms with E-state index in [1.165, 1.54) is 24.3 Å². The van der Waals surface area contributed by atoms with Crippen LogP contribution in [0.2, 0.25) is 0 Å². The zero-order valence-corrected chi connectivity index (χ0v) is 15.8. The number of fused-ring (bicyclic) bond motifs is 1. The van der Waals surface area contributed by atoms with Crippen LogP contribution >= 0.6 is 0 Å². The highest BCUT2D eigenvalue weighted by molar-refractivity contribution is 6.04. The second kappa shape index (κ2) is 7.75. The van der Waals surface area contributed by atoms with Crippen LogP contribution in [-0.4, -0.2) is 33.1 Å². The molecular formula is C21H19FN4O3. The smallest absolute Gasteiger partial charge is 0.261 e. The number of benzene rings is 2. The van der Waals surface area contributed by atoms with Crippen molar-refractivity contribution in [3.05, 3.63) is 77.4 Å². The Morgan fingerprint density at radius 3 is 2.76 bits per heavy atom. The van der Waals surface area contributed by atoms with Crippen LogP contribution in [0.5, 0.6) is 5.75 Å². The van der Waals surface area contributed by atoms with E-state index in [-0.39, 0.29) is 24.2 Å². The summed E-state index contributed by atoms with van der Waals surface area (Å²) in [5.41, 5.74) is 2.63. The van der Waals surface area contributed by atoms with E-state index in [4.69, 9.17) is 4.74 Å². The summed E-state index contributed by atoms with van der Waals surface area (Å²) in [7, 11) is 1.82. The monoisotopic (exact) mass is 394 g/mol. The van der Waals surface area contributed by atoms with Gasteiger partial charge in [0, 0.05) is 48.7 Å². The number of hydrogen-bond acceptors (Lipinski definition) is 4. The Kier molecular flexibility index (Phi) is 4.99. The maximum atomic E-state index is 13.0. The molecule has 0 radical (unpaired) electrons. The molecule has 0 bridgehead atoms. The van der Waals surface area contributed by atoms with Gasteiger partial charge in [0.05, 0.1) is 6.20 Å². The second-order valence-electron chi connectivity index (χ2n) is 6.84. The highest BCUT2D eigenvalue weighted by atomic mass is 19.1. The number of carbonyl (C=O) groups is 2. The average Bonchev–Trinajstić information content (AvgIpc) is 3.05. The van der Waals surface area contributed by atoms with E-state index < -0.39 is 0 Å². The topological polar surface area (TPSA) is 76.5 Å². The number of aromatic nitrogens is 2. The Balaban J connectivity index is 1.50. The minimum atomic E-state index is -0.373. The summed E-state index contributed by atoms with van der Waals surface area (Å²) >= 11 is 0. The van der Waals surface area contributed by atoms with Crippen molar-refractivity contribution in [2.24, 2.45) is 7.05 Å².